The van der Waals surface area contributed by atoms with E-state index in [1.54, 1.807) is 0 Å². The zero-order chi connectivity index (χ0) is 24.6. The van der Waals surface area contributed by atoms with Gasteiger partial charge in [-0.1, -0.05) is 18.6 Å². The number of hydrogen-bond donors (Lipinski definition) is 0. The quantitative estimate of drug-likeness (QED) is 0.408. The number of nitriles is 1. The number of hydrogen-bond acceptors (Lipinski definition) is 5. The lowest BCUT2D eigenvalue weighted by Gasteiger charge is -2.58. The molecule has 0 aromatic heterocycles. The number of nitrogens with zero attached hydrogens (tertiary/aromatic N) is 2. The molecule has 8 atom stereocenters. The molecule has 35 heavy (non-hydrogen) atoms. The second-order valence-corrected chi connectivity index (χ2v) is 14.0. The van der Waals surface area contributed by atoms with E-state index in [0.29, 0.717) is 29.4 Å². The molecule has 1 aromatic rings. The third-order valence-electron chi connectivity index (χ3n) is 11.2. The molecule has 4 aliphatic carbocycles. The molecule has 0 amide bonds. The van der Waals surface area contributed by atoms with Crippen molar-refractivity contribution in [1.29, 1.82) is 5.26 Å². The first kappa shape index (κ1) is 23.7. The monoisotopic (exact) mass is 494 g/mol. The smallest absolute Gasteiger partial charge is 0.297 e. The summed E-state index contributed by atoms with van der Waals surface area (Å²) in [6, 6.07) is 8.75. The minimum Gasteiger partial charge on any atom is -0.303 e. The van der Waals surface area contributed by atoms with E-state index in [2.05, 4.69) is 31.9 Å². The van der Waals surface area contributed by atoms with Crippen LogP contribution >= 0.6 is 0 Å². The summed E-state index contributed by atoms with van der Waals surface area (Å²) >= 11 is 0. The Morgan fingerprint density at radius 1 is 1.06 bits per heavy atom. The summed E-state index contributed by atoms with van der Waals surface area (Å²) in [6.45, 7) is 6.19. The van der Waals surface area contributed by atoms with E-state index < -0.39 is 10.1 Å². The Kier molecular flexibility index (Phi) is 5.53. The van der Waals surface area contributed by atoms with Crippen LogP contribution in [0.25, 0.3) is 0 Å². The van der Waals surface area contributed by atoms with Crippen LogP contribution < -0.4 is 0 Å². The van der Waals surface area contributed by atoms with Crippen LogP contribution in [0.1, 0.15) is 70.8 Å². The predicted octanol–water partition coefficient (Wildman–Crippen LogP) is 5.53. The summed E-state index contributed by atoms with van der Waals surface area (Å²) in [6.07, 6.45) is 11.3. The average Bonchev–Trinajstić information content (AvgIpc) is 3.33. The standard InChI is InChI=1S/C29H38N2O3S/c1-19-25-10-11-27-24-9-6-21-16-22(34-35(32,33)23-7-4-20(17-30)5-8-23)12-14-28(21,2)26(24)13-15-29(25,27)18-31(19)3/h4-8,19,22,24-27H,9-16,18H2,1-3H3. The second-order valence-electron chi connectivity index (χ2n) is 12.4. The Morgan fingerprint density at radius 3 is 2.54 bits per heavy atom. The molecular formula is C29H38N2O3S. The fourth-order valence-electron chi connectivity index (χ4n) is 9.44. The molecular weight excluding hydrogens is 456 g/mol. The molecule has 3 saturated carbocycles. The van der Waals surface area contributed by atoms with Crippen molar-refractivity contribution in [3.8, 4) is 6.07 Å². The van der Waals surface area contributed by atoms with E-state index in [9.17, 15) is 8.42 Å². The number of benzene rings is 1. The lowest BCUT2D eigenvalue weighted by atomic mass is 9.47. The fraction of sp³-hybridized carbons (Fsp3) is 0.690. The molecule has 0 N–H and O–H groups in total. The molecule has 4 fully saturated rings. The summed E-state index contributed by atoms with van der Waals surface area (Å²) < 4.78 is 31.6. The Bertz CT molecular complexity index is 1190. The minimum atomic E-state index is -3.84. The molecule has 5 nitrogen and oxygen atoms in total. The van der Waals surface area contributed by atoms with Crippen molar-refractivity contribution in [2.75, 3.05) is 13.6 Å². The van der Waals surface area contributed by atoms with E-state index >= 15 is 0 Å². The van der Waals surface area contributed by atoms with Gasteiger partial charge in [0.1, 0.15) is 0 Å². The van der Waals surface area contributed by atoms with Crippen molar-refractivity contribution in [2.45, 2.75) is 82.3 Å². The molecule has 6 rings (SSSR count). The highest BCUT2D eigenvalue weighted by Crippen LogP contribution is 2.68. The molecule has 5 aliphatic rings. The average molecular weight is 495 g/mol. The maximum Gasteiger partial charge on any atom is 0.297 e. The predicted molar refractivity (Wildman–Crippen MR) is 135 cm³/mol. The number of rotatable bonds is 3. The van der Waals surface area contributed by atoms with Crippen molar-refractivity contribution in [1.82, 2.24) is 4.90 Å². The van der Waals surface area contributed by atoms with Gasteiger partial charge in [0.15, 0.2) is 0 Å². The van der Waals surface area contributed by atoms with Crippen molar-refractivity contribution in [3.63, 3.8) is 0 Å². The van der Waals surface area contributed by atoms with Crippen LogP contribution in [0.2, 0.25) is 0 Å². The molecule has 1 aromatic carbocycles. The van der Waals surface area contributed by atoms with E-state index in [-0.39, 0.29) is 16.4 Å². The van der Waals surface area contributed by atoms with Crippen LogP contribution in [0.5, 0.6) is 0 Å². The van der Waals surface area contributed by atoms with Crippen LogP contribution in [-0.4, -0.2) is 39.1 Å². The van der Waals surface area contributed by atoms with Gasteiger partial charge in [0.25, 0.3) is 10.1 Å². The number of fused-ring (bicyclic) bond motifs is 4. The number of likely N-dealkylation sites (tertiary alicyclic amines) is 1. The lowest BCUT2D eigenvalue weighted by Crippen LogP contribution is -2.51. The highest BCUT2D eigenvalue weighted by Gasteiger charge is 2.64. The first-order valence-electron chi connectivity index (χ1n) is 13.5. The Labute approximate surface area is 210 Å². The Balaban J connectivity index is 1.20. The normalized spacial score (nSPS) is 42.9. The second kappa shape index (κ2) is 8.16. The van der Waals surface area contributed by atoms with E-state index in [4.69, 9.17) is 9.44 Å². The summed E-state index contributed by atoms with van der Waals surface area (Å²) in [7, 11) is -1.51. The third-order valence-corrected chi connectivity index (χ3v) is 12.6. The highest BCUT2D eigenvalue weighted by molar-refractivity contribution is 7.86. The number of allylic oxidation sites excluding steroid dienone is 1. The zero-order valence-corrected chi connectivity index (χ0v) is 22.1. The van der Waals surface area contributed by atoms with Gasteiger partial charge in [-0.05, 0) is 124 Å². The molecule has 0 radical (unpaired) electrons. The van der Waals surface area contributed by atoms with Gasteiger partial charge in [0.05, 0.1) is 22.6 Å². The summed E-state index contributed by atoms with van der Waals surface area (Å²) in [4.78, 5) is 2.76. The SMILES string of the molecule is CC1C2CCC3C4CC=C5CC(OS(=O)(=O)c6ccc(C#N)cc6)CCC5(C)C4CCC32CN1C. The Morgan fingerprint density at radius 2 is 1.80 bits per heavy atom. The van der Waals surface area contributed by atoms with Crippen molar-refractivity contribution in [3.05, 3.63) is 41.5 Å². The van der Waals surface area contributed by atoms with Gasteiger partial charge in [-0.3, -0.25) is 4.18 Å². The van der Waals surface area contributed by atoms with Crippen molar-refractivity contribution >= 4 is 10.1 Å². The maximum atomic E-state index is 12.9. The first-order valence-corrected chi connectivity index (χ1v) is 14.9. The van der Waals surface area contributed by atoms with Crippen molar-refractivity contribution < 1.29 is 12.6 Å². The van der Waals surface area contributed by atoms with Crippen LogP contribution in [0.4, 0.5) is 0 Å². The van der Waals surface area contributed by atoms with E-state index in [0.717, 1.165) is 37.0 Å². The first-order chi connectivity index (χ1) is 16.7. The molecule has 1 spiro atoms. The van der Waals surface area contributed by atoms with E-state index in [1.165, 1.54) is 62.1 Å². The summed E-state index contributed by atoms with van der Waals surface area (Å²) in [5.41, 5.74) is 2.59. The molecule has 1 aliphatic heterocycles. The van der Waals surface area contributed by atoms with Gasteiger partial charge in [-0.15, -0.1) is 0 Å². The van der Waals surface area contributed by atoms with Gasteiger partial charge in [-0.2, -0.15) is 13.7 Å². The van der Waals surface area contributed by atoms with Gasteiger partial charge in [0, 0.05) is 12.6 Å². The molecule has 1 heterocycles. The van der Waals surface area contributed by atoms with Crippen LogP contribution in [0, 0.1) is 45.8 Å². The van der Waals surface area contributed by atoms with E-state index in [1.807, 2.05) is 6.07 Å². The zero-order valence-electron chi connectivity index (χ0n) is 21.2. The maximum absolute atomic E-state index is 12.9. The topological polar surface area (TPSA) is 70.4 Å². The van der Waals surface area contributed by atoms with Crippen LogP contribution in [-0.2, 0) is 14.3 Å². The lowest BCUT2D eigenvalue weighted by molar-refractivity contribution is -0.0457. The molecule has 6 heteroatoms. The van der Waals surface area contributed by atoms with Crippen LogP contribution in [0.15, 0.2) is 40.8 Å². The highest BCUT2D eigenvalue weighted by atomic mass is 32.2. The minimum absolute atomic E-state index is 0.131. The van der Waals surface area contributed by atoms with Gasteiger partial charge in [0.2, 0.25) is 0 Å². The third kappa shape index (κ3) is 3.49. The summed E-state index contributed by atoms with van der Waals surface area (Å²) in [5.74, 6) is 3.21. The molecule has 188 valence electrons. The molecule has 1 saturated heterocycles. The largest absolute Gasteiger partial charge is 0.303 e. The fourth-order valence-corrected chi connectivity index (χ4v) is 10.5. The Hall–Kier alpha value is -1.68. The van der Waals surface area contributed by atoms with Crippen LogP contribution in [0.3, 0.4) is 0 Å². The molecule has 8 unspecified atom stereocenters. The molecule has 0 bridgehead atoms. The summed E-state index contributed by atoms with van der Waals surface area (Å²) in [5, 5.41) is 8.99. The van der Waals surface area contributed by atoms with Gasteiger partial charge in [-0.25, -0.2) is 0 Å². The van der Waals surface area contributed by atoms with Gasteiger partial charge >= 0.3 is 0 Å². The van der Waals surface area contributed by atoms with Crippen molar-refractivity contribution in [2.24, 2.45) is 34.5 Å². The van der Waals surface area contributed by atoms with Gasteiger partial charge < -0.3 is 4.90 Å².